The van der Waals surface area contributed by atoms with Crippen molar-refractivity contribution in [3.8, 4) is 0 Å². The van der Waals surface area contributed by atoms with Gasteiger partial charge in [0.15, 0.2) is 0 Å². The number of hydrogen-bond donors (Lipinski definition) is 1. The molecule has 0 atom stereocenters. The zero-order valence-corrected chi connectivity index (χ0v) is 9.55. The van der Waals surface area contributed by atoms with Gasteiger partial charge in [0.05, 0.1) is 42.0 Å². The second-order valence-corrected chi connectivity index (χ2v) is 4.12. The van der Waals surface area contributed by atoms with Crippen molar-refractivity contribution in [1.82, 2.24) is 13.7 Å². The first-order chi connectivity index (χ1) is 6.84. The van der Waals surface area contributed by atoms with Crippen LogP contribution in [0.15, 0.2) is 29.1 Å². The highest BCUT2D eigenvalue weighted by molar-refractivity contribution is 9.10. The third-order valence-electron chi connectivity index (χ3n) is 1.59. The minimum absolute atomic E-state index is 0.675. The Kier molecular flexibility index (Phi) is 3.05. The van der Waals surface area contributed by atoms with E-state index < -0.39 is 0 Å². The second-order valence-electron chi connectivity index (χ2n) is 2.64. The van der Waals surface area contributed by atoms with Crippen molar-refractivity contribution in [3.63, 3.8) is 0 Å². The highest BCUT2D eigenvalue weighted by Gasteiger charge is 1.97. The Hall–Kier alpha value is -1.01. The topological polar surface area (TPSA) is 50.7 Å². The molecule has 72 valence electrons. The molecule has 0 aliphatic carbocycles. The number of rotatable bonds is 3. The number of pyridine rings is 1. The average molecular weight is 271 g/mol. The third-order valence-corrected chi connectivity index (χ3v) is 2.53. The molecule has 0 aromatic carbocycles. The SMILES string of the molecule is Brc1cncc(NCc2cnsn2)c1. The molecule has 0 aliphatic heterocycles. The van der Waals surface area contributed by atoms with Gasteiger partial charge in [-0.3, -0.25) is 4.98 Å². The van der Waals surface area contributed by atoms with Gasteiger partial charge >= 0.3 is 0 Å². The molecule has 0 aliphatic rings. The Morgan fingerprint density at radius 3 is 3.00 bits per heavy atom. The molecule has 1 N–H and O–H groups in total. The standard InChI is InChI=1S/C8H7BrN4S/c9-6-1-7(3-10-2-6)11-4-8-5-12-14-13-8/h1-3,5,11H,4H2. The van der Waals surface area contributed by atoms with E-state index in [1.165, 1.54) is 11.7 Å². The molecule has 0 spiro atoms. The molecule has 0 fully saturated rings. The molecule has 6 heteroatoms. The average Bonchev–Trinajstić information content (AvgIpc) is 2.67. The van der Waals surface area contributed by atoms with Crippen molar-refractivity contribution < 1.29 is 0 Å². The molecule has 14 heavy (non-hydrogen) atoms. The lowest BCUT2D eigenvalue weighted by Gasteiger charge is -2.02. The Morgan fingerprint density at radius 1 is 1.36 bits per heavy atom. The molecule has 0 saturated heterocycles. The molecular weight excluding hydrogens is 264 g/mol. The summed E-state index contributed by atoms with van der Waals surface area (Å²) in [6.07, 6.45) is 5.27. The number of nitrogens with zero attached hydrogens (tertiary/aromatic N) is 3. The van der Waals surface area contributed by atoms with E-state index in [0.717, 1.165) is 15.9 Å². The smallest absolute Gasteiger partial charge is 0.0933 e. The number of aromatic nitrogens is 3. The first-order valence-electron chi connectivity index (χ1n) is 3.95. The first kappa shape index (κ1) is 9.54. The van der Waals surface area contributed by atoms with Gasteiger partial charge in [0.1, 0.15) is 0 Å². The van der Waals surface area contributed by atoms with E-state index in [0.29, 0.717) is 6.54 Å². The van der Waals surface area contributed by atoms with Gasteiger partial charge in [-0.05, 0) is 22.0 Å². The van der Waals surface area contributed by atoms with E-state index in [1.54, 1.807) is 18.6 Å². The lowest BCUT2D eigenvalue weighted by Crippen LogP contribution is -1.99. The lowest BCUT2D eigenvalue weighted by atomic mass is 10.4. The van der Waals surface area contributed by atoms with Crippen LogP contribution in [0.4, 0.5) is 5.69 Å². The first-order valence-corrected chi connectivity index (χ1v) is 5.48. The zero-order valence-electron chi connectivity index (χ0n) is 7.14. The van der Waals surface area contributed by atoms with Crippen molar-refractivity contribution in [2.45, 2.75) is 6.54 Å². The van der Waals surface area contributed by atoms with Gasteiger partial charge in [0.25, 0.3) is 0 Å². The number of anilines is 1. The van der Waals surface area contributed by atoms with Crippen molar-refractivity contribution in [1.29, 1.82) is 0 Å². The largest absolute Gasteiger partial charge is 0.378 e. The van der Waals surface area contributed by atoms with Gasteiger partial charge < -0.3 is 5.32 Å². The van der Waals surface area contributed by atoms with Gasteiger partial charge in [-0.25, -0.2) is 0 Å². The van der Waals surface area contributed by atoms with Crippen LogP contribution in [-0.2, 0) is 6.54 Å². The van der Waals surface area contributed by atoms with E-state index >= 15 is 0 Å². The van der Waals surface area contributed by atoms with Gasteiger partial charge in [0, 0.05) is 10.7 Å². The van der Waals surface area contributed by atoms with E-state index in [1.807, 2.05) is 6.07 Å². The monoisotopic (exact) mass is 270 g/mol. The fraction of sp³-hybridized carbons (Fsp3) is 0.125. The van der Waals surface area contributed by atoms with Crippen LogP contribution in [0, 0.1) is 0 Å². The summed E-state index contributed by atoms with van der Waals surface area (Å²) in [6.45, 7) is 0.675. The van der Waals surface area contributed by atoms with E-state index in [4.69, 9.17) is 0 Å². The molecule has 2 rings (SSSR count). The molecule has 4 nitrogen and oxygen atoms in total. The molecular formula is C8H7BrN4S. The van der Waals surface area contributed by atoms with Crippen LogP contribution >= 0.6 is 27.7 Å². The highest BCUT2D eigenvalue weighted by atomic mass is 79.9. The lowest BCUT2D eigenvalue weighted by molar-refractivity contribution is 1.08. The van der Waals surface area contributed by atoms with E-state index in [-0.39, 0.29) is 0 Å². The summed E-state index contributed by atoms with van der Waals surface area (Å²) < 4.78 is 8.96. The summed E-state index contributed by atoms with van der Waals surface area (Å²) in [5.41, 5.74) is 1.90. The molecule has 0 radical (unpaired) electrons. The molecule has 0 saturated carbocycles. The van der Waals surface area contributed by atoms with Crippen molar-refractivity contribution in [3.05, 3.63) is 34.8 Å². The maximum Gasteiger partial charge on any atom is 0.0933 e. The van der Waals surface area contributed by atoms with Gasteiger partial charge in [-0.2, -0.15) is 8.75 Å². The van der Waals surface area contributed by atoms with Crippen LogP contribution in [-0.4, -0.2) is 13.7 Å². The summed E-state index contributed by atoms with van der Waals surface area (Å²) in [5, 5.41) is 3.20. The maximum atomic E-state index is 4.09. The third kappa shape index (κ3) is 2.49. The van der Waals surface area contributed by atoms with E-state index in [2.05, 4.69) is 35.0 Å². The fourth-order valence-electron chi connectivity index (χ4n) is 0.963. The molecule has 0 unspecified atom stereocenters. The summed E-state index contributed by atoms with van der Waals surface area (Å²) in [5.74, 6) is 0. The predicted octanol–water partition coefficient (Wildman–Crippen LogP) is 2.31. The van der Waals surface area contributed by atoms with Crippen LogP contribution in [0.3, 0.4) is 0 Å². The van der Waals surface area contributed by atoms with Crippen LogP contribution < -0.4 is 5.32 Å². The Balaban J connectivity index is 1.98. The molecule has 2 aromatic rings. The van der Waals surface area contributed by atoms with Crippen LogP contribution in [0.2, 0.25) is 0 Å². The van der Waals surface area contributed by atoms with Crippen molar-refractivity contribution in [2.24, 2.45) is 0 Å². The van der Waals surface area contributed by atoms with Crippen LogP contribution in [0.1, 0.15) is 5.69 Å². The summed E-state index contributed by atoms with van der Waals surface area (Å²) >= 11 is 4.57. The van der Waals surface area contributed by atoms with Crippen LogP contribution in [0.5, 0.6) is 0 Å². The Morgan fingerprint density at radius 2 is 2.29 bits per heavy atom. The normalized spacial score (nSPS) is 10.1. The highest BCUT2D eigenvalue weighted by Crippen LogP contribution is 2.14. The molecule has 0 amide bonds. The minimum atomic E-state index is 0.675. The fourth-order valence-corrected chi connectivity index (χ4v) is 1.76. The van der Waals surface area contributed by atoms with Gasteiger partial charge in [0.2, 0.25) is 0 Å². The summed E-state index contributed by atoms with van der Waals surface area (Å²) in [4.78, 5) is 4.04. The summed E-state index contributed by atoms with van der Waals surface area (Å²) in [6, 6.07) is 1.97. The maximum absolute atomic E-state index is 4.09. The van der Waals surface area contributed by atoms with Gasteiger partial charge in [-0.1, -0.05) is 0 Å². The Labute approximate surface area is 93.9 Å². The van der Waals surface area contributed by atoms with E-state index in [9.17, 15) is 0 Å². The second kappa shape index (κ2) is 4.47. The number of halogens is 1. The molecule has 0 bridgehead atoms. The van der Waals surface area contributed by atoms with Crippen molar-refractivity contribution in [2.75, 3.05) is 5.32 Å². The number of hydrogen-bond acceptors (Lipinski definition) is 5. The quantitative estimate of drug-likeness (QED) is 0.930. The minimum Gasteiger partial charge on any atom is -0.378 e. The number of nitrogens with one attached hydrogen (secondary N) is 1. The summed E-state index contributed by atoms with van der Waals surface area (Å²) in [7, 11) is 0. The predicted molar refractivity (Wildman–Crippen MR) is 59.2 cm³/mol. The molecule has 2 aromatic heterocycles. The van der Waals surface area contributed by atoms with Crippen LogP contribution in [0.25, 0.3) is 0 Å². The van der Waals surface area contributed by atoms with Crippen molar-refractivity contribution >= 4 is 33.3 Å². The Bertz CT molecular complexity index is 403. The molecule has 2 heterocycles. The van der Waals surface area contributed by atoms with Gasteiger partial charge in [-0.15, -0.1) is 0 Å². The zero-order chi connectivity index (χ0) is 9.80.